The lowest BCUT2D eigenvalue weighted by atomic mass is 10.1. The maximum Gasteiger partial charge on any atom is 0.286 e. The number of nitro groups is 1. The molecule has 0 spiro atoms. The number of amides is 1. The quantitative estimate of drug-likeness (QED) is 0.452. The zero-order chi connectivity index (χ0) is 23.3. The zero-order valence-corrected chi connectivity index (χ0v) is 18.5. The Balaban J connectivity index is 2.55. The van der Waals surface area contributed by atoms with E-state index in [-0.39, 0.29) is 40.0 Å². The fourth-order valence-electron chi connectivity index (χ4n) is 2.66. The van der Waals surface area contributed by atoms with Crippen molar-refractivity contribution in [3.05, 3.63) is 46.0 Å². The molecule has 31 heavy (non-hydrogen) atoms. The predicted octanol–water partition coefficient (Wildman–Crippen LogP) is 2.51. The number of methoxy groups -OCH3 is 2. The van der Waals surface area contributed by atoms with E-state index in [2.05, 4.69) is 5.32 Å². The van der Waals surface area contributed by atoms with Crippen LogP contribution in [-0.4, -0.2) is 58.5 Å². The third kappa shape index (κ3) is 5.03. The monoisotopic (exact) mass is 453 g/mol. The van der Waals surface area contributed by atoms with Crippen LogP contribution in [-0.2, 0) is 10.0 Å². The van der Waals surface area contributed by atoms with Gasteiger partial charge in [-0.15, -0.1) is 0 Å². The molecule has 2 rings (SSSR count). The summed E-state index contributed by atoms with van der Waals surface area (Å²) >= 11 is 0. The summed E-state index contributed by atoms with van der Waals surface area (Å²) in [6, 6.07) is 6.20. The summed E-state index contributed by atoms with van der Waals surface area (Å²) in [4.78, 5) is 23.6. The molecule has 12 heteroatoms. The van der Waals surface area contributed by atoms with Gasteiger partial charge in [-0.1, -0.05) is 0 Å². The SMILES string of the molecule is CCOc1cc([N+](=O)[O-])c(C(=O)Nc2cc(S(=O)(=O)N(C)C)ccc2OC)cc1OC. The second-order valence-corrected chi connectivity index (χ2v) is 8.47. The van der Waals surface area contributed by atoms with Gasteiger partial charge in [-0.2, -0.15) is 0 Å². The summed E-state index contributed by atoms with van der Waals surface area (Å²) < 4.78 is 41.5. The Morgan fingerprint density at radius 1 is 1.10 bits per heavy atom. The highest BCUT2D eigenvalue weighted by atomic mass is 32.2. The molecule has 0 aromatic heterocycles. The molecule has 0 aliphatic heterocycles. The Hall–Kier alpha value is -3.38. The number of hydrogen-bond donors (Lipinski definition) is 1. The van der Waals surface area contributed by atoms with Gasteiger partial charge in [0.25, 0.3) is 11.6 Å². The number of nitro benzene ring substituents is 1. The summed E-state index contributed by atoms with van der Waals surface area (Å²) in [6.45, 7) is 1.94. The van der Waals surface area contributed by atoms with Gasteiger partial charge >= 0.3 is 0 Å². The van der Waals surface area contributed by atoms with Crippen molar-refractivity contribution in [3.63, 3.8) is 0 Å². The Morgan fingerprint density at radius 2 is 1.74 bits per heavy atom. The Bertz CT molecular complexity index is 1100. The molecule has 0 saturated carbocycles. The number of hydrogen-bond acceptors (Lipinski definition) is 8. The molecule has 11 nitrogen and oxygen atoms in total. The van der Waals surface area contributed by atoms with E-state index in [0.717, 1.165) is 10.4 Å². The van der Waals surface area contributed by atoms with Gasteiger partial charge in [0.15, 0.2) is 11.5 Å². The van der Waals surface area contributed by atoms with Crippen LogP contribution in [0.5, 0.6) is 17.2 Å². The maximum atomic E-state index is 12.9. The molecule has 2 aromatic carbocycles. The van der Waals surface area contributed by atoms with E-state index in [9.17, 15) is 23.3 Å². The number of benzene rings is 2. The lowest BCUT2D eigenvalue weighted by Crippen LogP contribution is -2.22. The molecule has 0 saturated heterocycles. The van der Waals surface area contributed by atoms with Crippen LogP contribution >= 0.6 is 0 Å². The van der Waals surface area contributed by atoms with Crippen molar-refractivity contribution in [2.24, 2.45) is 0 Å². The number of carbonyl (C=O) groups is 1. The van der Waals surface area contributed by atoms with Gasteiger partial charge in [0.1, 0.15) is 11.3 Å². The van der Waals surface area contributed by atoms with Gasteiger partial charge in [-0.05, 0) is 25.1 Å². The summed E-state index contributed by atoms with van der Waals surface area (Å²) in [5.41, 5.74) is -0.774. The molecule has 0 aliphatic carbocycles. The molecule has 0 heterocycles. The Morgan fingerprint density at radius 3 is 2.26 bits per heavy atom. The summed E-state index contributed by atoms with van der Waals surface area (Å²) in [5, 5.41) is 14.0. The highest BCUT2D eigenvalue weighted by Crippen LogP contribution is 2.36. The molecule has 0 aliphatic rings. The number of nitrogens with zero attached hydrogens (tertiary/aromatic N) is 2. The highest BCUT2D eigenvalue weighted by molar-refractivity contribution is 7.89. The maximum absolute atomic E-state index is 12.9. The first-order valence-corrected chi connectivity index (χ1v) is 10.4. The van der Waals surface area contributed by atoms with Crippen molar-refractivity contribution in [2.45, 2.75) is 11.8 Å². The first-order chi connectivity index (χ1) is 14.6. The van der Waals surface area contributed by atoms with Gasteiger partial charge in [-0.3, -0.25) is 14.9 Å². The summed E-state index contributed by atoms with van der Waals surface area (Å²) in [5.74, 6) is -0.434. The highest BCUT2D eigenvalue weighted by Gasteiger charge is 2.26. The molecule has 1 N–H and O–H groups in total. The number of rotatable bonds is 9. The van der Waals surface area contributed by atoms with E-state index in [1.54, 1.807) is 6.92 Å². The van der Waals surface area contributed by atoms with Crippen molar-refractivity contribution < 1.29 is 32.3 Å². The normalized spacial score (nSPS) is 11.2. The van der Waals surface area contributed by atoms with Crippen molar-refractivity contribution in [1.29, 1.82) is 0 Å². The molecule has 0 bridgehead atoms. The largest absolute Gasteiger partial charge is 0.495 e. The minimum atomic E-state index is -3.79. The minimum Gasteiger partial charge on any atom is -0.495 e. The Labute approximate surface area is 179 Å². The van der Waals surface area contributed by atoms with E-state index in [4.69, 9.17) is 14.2 Å². The van der Waals surface area contributed by atoms with E-state index >= 15 is 0 Å². The standard InChI is InChI=1S/C19H23N3O8S/c1-6-30-18-11-15(22(24)25)13(10-17(18)29-5)19(23)20-14-9-12(7-8-16(14)28-4)31(26,27)21(2)3/h7-11H,6H2,1-5H3,(H,20,23). The minimum absolute atomic E-state index is 0.0255. The number of ether oxygens (including phenoxy) is 3. The second kappa shape index (κ2) is 9.62. The third-order valence-electron chi connectivity index (χ3n) is 4.22. The molecular formula is C19H23N3O8S. The lowest BCUT2D eigenvalue weighted by molar-refractivity contribution is -0.385. The van der Waals surface area contributed by atoms with Gasteiger partial charge in [-0.25, -0.2) is 12.7 Å². The number of anilines is 1. The van der Waals surface area contributed by atoms with Crippen LogP contribution in [0.3, 0.4) is 0 Å². The molecule has 168 valence electrons. The van der Waals surface area contributed by atoms with Crippen molar-refractivity contribution in [1.82, 2.24) is 4.31 Å². The van der Waals surface area contributed by atoms with Crippen LogP contribution in [0.15, 0.2) is 35.2 Å². The lowest BCUT2D eigenvalue weighted by Gasteiger charge is -2.16. The van der Waals surface area contributed by atoms with Crippen LogP contribution in [0.1, 0.15) is 17.3 Å². The van der Waals surface area contributed by atoms with Crippen molar-refractivity contribution in [2.75, 3.05) is 40.2 Å². The van der Waals surface area contributed by atoms with Crippen molar-refractivity contribution in [3.8, 4) is 17.2 Å². The van der Waals surface area contributed by atoms with Crippen molar-refractivity contribution >= 4 is 27.3 Å². The average molecular weight is 453 g/mol. The average Bonchev–Trinajstić information content (AvgIpc) is 2.73. The number of carbonyl (C=O) groups excluding carboxylic acids is 1. The second-order valence-electron chi connectivity index (χ2n) is 6.31. The van der Waals surface area contributed by atoms with Crippen LogP contribution in [0.4, 0.5) is 11.4 Å². The molecule has 0 unspecified atom stereocenters. The Kier molecular flexibility index (Phi) is 7.41. The van der Waals surface area contributed by atoms with Gasteiger partial charge < -0.3 is 19.5 Å². The fourth-order valence-corrected chi connectivity index (χ4v) is 3.58. The van der Waals surface area contributed by atoms with E-state index in [0.29, 0.717) is 0 Å². The zero-order valence-electron chi connectivity index (χ0n) is 17.7. The molecule has 0 atom stereocenters. The van der Waals surface area contributed by atoms with Gasteiger partial charge in [0, 0.05) is 20.2 Å². The van der Waals surface area contributed by atoms with Crippen LogP contribution in [0.2, 0.25) is 0 Å². The van der Waals surface area contributed by atoms with E-state index in [1.807, 2.05) is 0 Å². The predicted molar refractivity (Wildman–Crippen MR) is 113 cm³/mol. The number of sulfonamides is 1. The summed E-state index contributed by atoms with van der Waals surface area (Å²) in [6.07, 6.45) is 0. The summed E-state index contributed by atoms with van der Waals surface area (Å²) in [7, 11) is 1.63. The number of nitrogens with one attached hydrogen (secondary N) is 1. The van der Waals surface area contributed by atoms with Crippen LogP contribution in [0.25, 0.3) is 0 Å². The smallest absolute Gasteiger partial charge is 0.286 e. The first kappa shape index (κ1) is 23.9. The van der Waals surface area contributed by atoms with E-state index < -0.39 is 26.5 Å². The van der Waals surface area contributed by atoms with Crippen LogP contribution < -0.4 is 19.5 Å². The van der Waals surface area contributed by atoms with Gasteiger partial charge in [0.05, 0.1) is 42.4 Å². The molecule has 2 aromatic rings. The molecule has 1 amide bonds. The molecule has 0 radical (unpaired) electrons. The first-order valence-electron chi connectivity index (χ1n) is 8.97. The van der Waals surface area contributed by atoms with E-state index in [1.165, 1.54) is 52.6 Å². The fraction of sp³-hybridized carbons (Fsp3) is 0.316. The third-order valence-corrected chi connectivity index (χ3v) is 6.03. The molecular weight excluding hydrogens is 430 g/mol. The molecule has 0 fully saturated rings. The topological polar surface area (TPSA) is 137 Å². The van der Waals surface area contributed by atoms with Crippen LogP contribution in [0, 0.1) is 10.1 Å². The van der Waals surface area contributed by atoms with Gasteiger partial charge in [0.2, 0.25) is 10.0 Å².